The van der Waals surface area contributed by atoms with Crippen molar-refractivity contribution in [3.8, 4) is 5.75 Å². The van der Waals surface area contributed by atoms with E-state index in [4.69, 9.17) is 9.84 Å². The largest absolute Gasteiger partial charge is 0.492 e. The first kappa shape index (κ1) is 30.7. The van der Waals surface area contributed by atoms with E-state index in [1.807, 2.05) is 68.5 Å². The summed E-state index contributed by atoms with van der Waals surface area (Å²) in [6, 6.07) is 13.9. The van der Waals surface area contributed by atoms with E-state index in [1.54, 1.807) is 19.3 Å². The Morgan fingerprint density at radius 1 is 1.03 bits per heavy atom. The van der Waals surface area contributed by atoms with Crippen molar-refractivity contribution < 1.29 is 9.84 Å². The van der Waals surface area contributed by atoms with Crippen molar-refractivity contribution in [1.29, 1.82) is 0 Å². The predicted octanol–water partition coefficient (Wildman–Crippen LogP) is 5.70. The lowest BCUT2D eigenvalue weighted by atomic mass is 10.1. The molecule has 0 aliphatic carbocycles. The quantitative estimate of drug-likeness (QED) is 0.288. The van der Waals surface area contributed by atoms with Crippen LogP contribution in [0.5, 0.6) is 5.75 Å². The van der Waals surface area contributed by atoms with Gasteiger partial charge in [0, 0.05) is 49.7 Å². The minimum atomic E-state index is 0.250. The van der Waals surface area contributed by atoms with Crippen molar-refractivity contribution >= 4 is 23.2 Å². The van der Waals surface area contributed by atoms with Gasteiger partial charge in [0.1, 0.15) is 12.4 Å². The zero-order chi connectivity index (χ0) is 26.8. The molecule has 196 valence electrons. The highest BCUT2D eigenvalue weighted by atomic mass is 16.5. The first-order valence-corrected chi connectivity index (χ1v) is 12.7. The average molecular weight is 494 g/mol. The molecule has 0 bridgehead atoms. The molecular weight excluding hydrogens is 450 g/mol. The molecule has 7 nitrogen and oxygen atoms in total. The third-order valence-electron chi connectivity index (χ3n) is 5.18. The molecule has 2 heterocycles. The van der Waals surface area contributed by atoms with Crippen molar-refractivity contribution in [2.24, 2.45) is 5.10 Å². The number of pyridine rings is 2. The number of fused-ring (bicyclic) bond motifs is 1. The Kier molecular flexibility index (Phi) is 15.4. The van der Waals surface area contributed by atoms with Gasteiger partial charge in [0.15, 0.2) is 0 Å². The standard InChI is InChI=1S/C25H31N5O.C2H6O.C2H6/c1-5-22(30(4)28-19-21-9-7-8-13-26-21)17-20-12-14-27-25-18-23(10-11-24(20)25)31-16-15-29(3)6-2;1-2-3;1-2/h7-14,17-19H,5-6,15-16H2,1-4H3;3H,2H2,1H3;1-2H3/b22-17+,28-19+;;. The van der Waals surface area contributed by atoms with Gasteiger partial charge in [-0.1, -0.05) is 33.8 Å². The molecule has 0 saturated carbocycles. The maximum Gasteiger partial charge on any atom is 0.121 e. The van der Waals surface area contributed by atoms with Gasteiger partial charge in [-0.3, -0.25) is 15.0 Å². The number of likely N-dealkylation sites (N-methyl/N-ethyl adjacent to an activating group) is 1. The Labute approximate surface area is 217 Å². The van der Waals surface area contributed by atoms with E-state index in [0.29, 0.717) is 6.61 Å². The molecule has 36 heavy (non-hydrogen) atoms. The van der Waals surface area contributed by atoms with Gasteiger partial charge in [0.05, 0.1) is 17.4 Å². The zero-order valence-electron chi connectivity index (χ0n) is 23.0. The second-order valence-electron chi connectivity index (χ2n) is 7.65. The van der Waals surface area contributed by atoms with E-state index in [9.17, 15) is 0 Å². The highest BCUT2D eigenvalue weighted by Crippen LogP contribution is 2.25. The summed E-state index contributed by atoms with van der Waals surface area (Å²) < 4.78 is 5.91. The van der Waals surface area contributed by atoms with Gasteiger partial charge in [0.25, 0.3) is 0 Å². The molecule has 0 amide bonds. The Bertz CT molecular complexity index is 1050. The maximum atomic E-state index is 7.57. The van der Waals surface area contributed by atoms with Gasteiger partial charge in [0.2, 0.25) is 0 Å². The second kappa shape index (κ2) is 18.0. The molecule has 3 aromatic rings. The molecule has 0 spiro atoms. The Morgan fingerprint density at radius 2 is 1.78 bits per heavy atom. The highest BCUT2D eigenvalue weighted by molar-refractivity contribution is 5.89. The number of aliphatic hydroxyl groups is 1. The van der Waals surface area contributed by atoms with E-state index in [0.717, 1.165) is 53.1 Å². The smallest absolute Gasteiger partial charge is 0.121 e. The number of hydrazone groups is 1. The van der Waals surface area contributed by atoms with Gasteiger partial charge >= 0.3 is 0 Å². The van der Waals surface area contributed by atoms with E-state index in [1.165, 1.54) is 0 Å². The van der Waals surface area contributed by atoms with Crippen LogP contribution in [0.15, 0.2) is 65.7 Å². The molecule has 0 fully saturated rings. The second-order valence-corrected chi connectivity index (χ2v) is 7.65. The van der Waals surface area contributed by atoms with Crippen LogP contribution in [-0.4, -0.2) is 71.6 Å². The van der Waals surface area contributed by atoms with E-state index >= 15 is 0 Å². The number of allylic oxidation sites excluding steroid dienone is 1. The van der Waals surface area contributed by atoms with Crippen LogP contribution in [-0.2, 0) is 0 Å². The normalized spacial score (nSPS) is 11.1. The predicted molar refractivity (Wildman–Crippen MR) is 152 cm³/mol. The van der Waals surface area contributed by atoms with Gasteiger partial charge in [-0.2, -0.15) is 5.10 Å². The summed E-state index contributed by atoms with van der Waals surface area (Å²) in [6.45, 7) is 12.8. The van der Waals surface area contributed by atoms with Crippen LogP contribution in [0, 0.1) is 0 Å². The fourth-order valence-corrected chi connectivity index (χ4v) is 3.12. The average Bonchev–Trinajstić information content (AvgIpc) is 2.92. The van der Waals surface area contributed by atoms with Gasteiger partial charge in [-0.25, -0.2) is 0 Å². The topological polar surface area (TPSA) is 74.1 Å². The Balaban J connectivity index is 0.00000120. The van der Waals surface area contributed by atoms with Gasteiger partial charge in [-0.15, -0.1) is 0 Å². The summed E-state index contributed by atoms with van der Waals surface area (Å²) in [6.07, 6.45) is 8.39. The van der Waals surface area contributed by atoms with Gasteiger partial charge < -0.3 is 14.7 Å². The summed E-state index contributed by atoms with van der Waals surface area (Å²) in [5.41, 5.74) is 3.96. The van der Waals surface area contributed by atoms with Crippen LogP contribution in [0.25, 0.3) is 17.0 Å². The fourth-order valence-electron chi connectivity index (χ4n) is 3.12. The van der Waals surface area contributed by atoms with Crippen molar-refractivity contribution in [2.75, 3.05) is 40.4 Å². The summed E-state index contributed by atoms with van der Waals surface area (Å²) in [7, 11) is 4.05. The first-order valence-electron chi connectivity index (χ1n) is 12.7. The molecule has 0 unspecified atom stereocenters. The molecule has 0 aliphatic heterocycles. The summed E-state index contributed by atoms with van der Waals surface area (Å²) >= 11 is 0. The molecular formula is C29H43N5O2. The SMILES string of the molecule is CC.CC/C(=C\c1ccnc2cc(OCCN(C)CC)ccc12)N(C)/N=C/c1ccccn1.CCO. The lowest BCUT2D eigenvalue weighted by Crippen LogP contribution is -2.23. The first-order chi connectivity index (χ1) is 17.5. The number of aromatic nitrogens is 2. The third kappa shape index (κ3) is 10.5. The molecule has 7 heteroatoms. The molecule has 0 radical (unpaired) electrons. The number of nitrogens with zero attached hydrogens (tertiary/aromatic N) is 5. The summed E-state index contributed by atoms with van der Waals surface area (Å²) in [5, 5.41) is 15.1. The van der Waals surface area contributed by atoms with Crippen LogP contribution in [0.2, 0.25) is 0 Å². The van der Waals surface area contributed by atoms with Crippen LogP contribution in [0.1, 0.15) is 52.3 Å². The van der Waals surface area contributed by atoms with Crippen LogP contribution in [0.3, 0.4) is 0 Å². The lowest BCUT2D eigenvalue weighted by Gasteiger charge is -2.16. The van der Waals surface area contributed by atoms with E-state index in [-0.39, 0.29) is 6.61 Å². The zero-order valence-corrected chi connectivity index (χ0v) is 23.0. The minimum Gasteiger partial charge on any atom is -0.492 e. The maximum absolute atomic E-state index is 7.57. The summed E-state index contributed by atoms with van der Waals surface area (Å²) in [5.74, 6) is 0.846. The molecule has 0 saturated heterocycles. The molecule has 3 rings (SSSR count). The molecule has 1 N–H and O–H groups in total. The highest BCUT2D eigenvalue weighted by Gasteiger charge is 2.06. The number of hydrogen-bond acceptors (Lipinski definition) is 7. The van der Waals surface area contributed by atoms with Crippen molar-refractivity contribution in [2.45, 2.75) is 41.0 Å². The minimum absolute atomic E-state index is 0.250. The van der Waals surface area contributed by atoms with Crippen molar-refractivity contribution in [3.05, 3.63) is 71.8 Å². The van der Waals surface area contributed by atoms with E-state index in [2.05, 4.69) is 53.0 Å². The number of benzene rings is 1. The third-order valence-corrected chi connectivity index (χ3v) is 5.18. The lowest BCUT2D eigenvalue weighted by molar-refractivity contribution is 0.244. The number of hydrogen-bond donors (Lipinski definition) is 1. The number of aliphatic hydroxyl groups excluding tert-OH is 1. The van der Waals surface area contributed by atoms with Gasteiger partial charge in [-0.05, 0) is 68.9 Å². The van der Waals surface area contributed by atoms with Crippen LogP contribution in [0.4, 0.5) is 0 Å². The fraction of sp³-hybridized carbons (Fsp3) is 0.414. The Hall–Kier alpha value is -3.29. The molecule has 2 aromatic heterocycles. The molecule has 1 aromatic carbocycles. The number of rotatable bonds is 10. The molecule has 0 aliphatic rings. The molecule has 0 atom stereocenters. The number of ether oxygens (including phenoxy) is 1. The van der Waals surface area contributed by atoms with Crippen molar-refractivity contribution in [1.82, 2.24) is 19.9 Å². The Morgan fingerprint density at radius 3 is 2.42 bits per heavy atom. The van der Waals surface area contributed by atoms with Crippen molar-refractivity contribution in [3.63, 3.8) is 0 Å². The summed E-state index contributed by atoms with van der Waals surface area (Å²) in [4.78, 5) is 11.1. The van der Waals surface area contributed by atoms with Crippen LogP contribution >= 0.6 is 0 Å². The van der Waals surface area contributed by atoms with Crippen LogP contribution < -0.4 is 4.74 Å². The van der Waals surface area contributed by atoms with E-state index < -0.39 is 0 Å². The monoisotopic (exact) mass is 493 g/mol.